The topological polar surface area (TPSA) is 80.9 Å². The lowest BCUT2D eigenvalue weighted by molar-refractivity contribution is -0.123. The summed E-state index contributed by atoms with van der Waals surface area (Å²) in [4.78, 5) is 11.8. The average molecular weight is 276 g/mol. The Morgan fingerprint density at radius 2 is 1.84 bits per heavy atom. The van der Waals surface area contributed by atoms with Crippen molar-refractivity contribution in [3.05, 3.63) is 24.3 Å². The van der Waals surface area contributed by atoms with Gasteiger partial charge in [-0.25, -0.2) is 0 Å². The smallest absolute Gasteiger partial charge is 0.231 e. The second-order valence-corrected chi connectivity index (χ2v) is 6.22. The van der Waals surface area contributed by atoms with E-state index in [9.17, 15) is 4.79 Å². The van der Waals surface area contributed by atoms with Crippen LogP contribution in [0.2, 0.25) is 0 Å². The monoisotopic (exact) mass is 276 g/mol. The van der Waals surface area contributed by atoms with Crippen LogP contribution in [0.25, 0.3) is 10.6 Å². The third-order valence-corrected chi connectivity index (χ3v) is 3.37. The predicted octanol–water partition coefficient (Wildman–Crippen LogP) is 2.77. The van der Waals surface area contributed by atoms with E-state index in [1.54, 1.807) is 0 Å². The standard InChI is InChI=1S/C13H16N4OS/c1-13(2,3)11(18)15-12-17-16-10(19-12)8-4-6-9(14)7-5-8/h4-7H,14H2,1-3H3,(H,15,17,18). The molecule has 2 rings (SSSR count). The quantitative estimate of drug-likeness (QED) is 0.826. The SMILES string of the molecule is CC(C)(C)C(=O)Nc1nnc(-c2ccc(N)cc2)s1. The molecule has 2 aromatic rings. The van der Waals surface area contributed by atoms with E-state index in [1.807, 2.05) is 45.0 Å². The van der Waals surface area contributed by atoms with E-state index in [2.05, 4.69) is 15.5 Å². The van der Waals surface area contributed by atoms with Crippen LogP contribution in [0.5, 0.6) is 0 Å². The molecule has 3 N–H and O–H groups in total. The largest absolute Gasteiger partial charge is 0.399 e. The highest BCUT2D eigenvalue weighted by Crippen LogP contribution is 2.27. The number of carbonyl (C=O) groups is 1. The molecule has 0 unspecified atom stereocenters. The summed E-state index contributed by atoms with van der Waals surface area (Å²) in [6.07, 6.45) is 0. The summed E-state index contributed by atoms with van der Waals surface area (Å²) in [5.74, 6) is -0.0764. The maximum atomic E-state index is 11.8. The van der Waals surface area contributed by atoms with Gasteiger partial charge in [0, 0.05) is 16.7 Å². The molecule has 0 aliphatic rings. The van der Waals surface area contributed by atoms with Gasteiger partial charge in [0.15, 0.2) is 0 Å². The molecule has 0 saturated heterocycles. The molecule has 19 heavy (non-hydrogen) atoms. The third kappa shape index (κ3) is 3.29. The van der Waals surface area contributed by atoms with Gasteiger partial charge < -0.3 is 11.1 Å². The van der Waals surface area contributed by atoms with Gasteiger partial charge in [0.2, 0.25) is 11.0 Å². The van der Waals surface area contributed by atoms with E-state index in [0.717, 1.165) is 10.6 Å². The highest BCUT2D eigenvalue weighted by atomic mass is 32.1. The van der Waals surface area contributed by atoms with Crippen molar-refractivity contribution in [3.63, 3.8) is 0 Å². The van der Waals surface area contributed by atoms with Crippen molar-refractivity contribution in [1.29, 1.82) is 0 Å². The predicted molar refractivity (Wildman–Crippen MR) is 77.8 cm³/mol. The van der Waals surface area contributed by atoms with E-state index in [1.165, 1.54) is 11.3 Å². The molecule has 5 nitrogen and oxygen atoms in total. The molecule has 0 aliphatic carbocycles. The second-order valence-electron chi connectivity index (χ2n) is 5.24. The summed E-state index contributed by atoms with van der Waals surface area (Å²) in [7, 11) is 0. The molecule has 0 bridgehead atoms. The van der Waals surface area contributed by atoms with Gasteiger partial charge in [0.1, 0.15) is 5.01 Å². The van der Waals surface area contributed by atoms with Crippen LogP contribution in [0, 0.1) is 5.41 Å². The molecular formula is C13H16N4OS. The van der Waals surface area contributed by atoms with Crippen molar-refractivity contribution in [2.45, 2.75) is 20.8 Å². The molecule has 0 saturated carbocycles. The fraction of sp³-hybridized carbons (Fsp3) is 0.308. The van der Waals surface area contributed by atoms with E-state index in [4.69, 9.17) is 5.73 Å². The van der Waals surface area contributed by atoms with E-state index in [0.29, 0.717) is 10.8 Å². The zero-order chi connectivity index (χ0) is 14.0. The number of hydrogen-bond donors (Lipinski definition) is 2. The van der Waals surface area contributed by atoms with Crippen LogP contribution in [0.3, 0.4) is 0 Å². The van der Waals surface area contributed by atoms with Crippen molar-refractivity contribution in [1.82, 2.24) is 10.2 Å². The van der Waals surface area contributed by atoms with Crippen molar-refractivity contribution in [3.8, 4) is 10.6 Å². The summed E-state index contributed by atoms with van der Waals surface area (Å²) in [5, 5.41) is 12.1. The number of nitrogens with two attached hydrogens (primary N) is 1. The molecule has 0 atom stereocenters. The minimum Gasteiger partial charge on any atom is -0.399 e. The van der Waals surface area contributed by atoms with Gasteiger partial charge in [-0.15, -0.1) is 10.2 Å². The van der Waals surface area contributed by atoms with Crippen LogP contribution in [0.15, 0.2) is 24.3 Å². The van der Waals surface area contributed by atoms with E-state index < -0.39 is 5.41 Å². The Morgan fingerprint density at radius 3 is 2.42 bits per heavy atom. The molecule has 0 spiro atoms. The summed E-state index contributed by atoms with van der Waals surface area (Å²) in [5.41, 5.74) is 6.82. The summed E-state index contributed by atoms with van der Waals surface area (Å²) in [6, 6.07) is 7.38. The van der Waals surface area contributed by atoms with Crippen LogP contribution in [-0.2, 0) is 4.79 Å². The average Bonchev–Trinajstić information content (AvgIpc) is 2.77. The number of carbonyl (C=O) groups excluding carboxylic acids is 1. The van der Waals surface area contributed by atoms with Crippen molar-refractivity contribution >= 4 is 28.1 Å². The van der Waals surface area contributed by atoms with Gasteiger partial charge in [-0.3, -0.25) is 4.79 Å². The Kier molecular flexibility index (Phi) is 3.53. The summed E-state index contributed by atoms with van der Waals surface area (Å²) < 4.78 is 0. The molecule has 1 aromatic carbocycles. The first kappa shape index (κ1) is 13.5. The number of benzene rings is 1. The number of aromatic nitrogens is 2. The highest BCUT2D eigenvalue weighted by molar-refractivity contribution is 7.18. The minimum absolute atomic E-state index is 0.0764. The van der Waals surface area contributed by atoms with Gasteiger partial charge in [-0.1, -0.05) is 32.1 Å². The maximum absolute atomic E-state index is 11.8. The third-order valence-electron chi connectivity index (χ3n) is 2.48. The van der Waals surface area contributed by atoms with Crippen LogP contribution >= 0.6 is 11.3 Å². The molecule has 0 fully saturated rings. The number of anilines is 2. The molecule has 100 valence electrons. The Hall–Kier alpha value is -1.95. The van der Waals surface area contributed by atoms with Crippen molar-refractivity contribution in [2.75, 3.05) is 11.1 Å². The number of nitrogens with one attached hydrogen (secondary N) is 1. The Bertz CT molecular complexity index is 583. The Morgan fingerprint density at radius 1 is 1.21 bits per heavy atom. The molecule has 0 radical (unpaired) electrons. The summed E-state index contributed by atoms with van der Waals surface area (Å²) in [6.45, 7) is 5.55. The lowest BCUT2D eigenvalue weighted by Gasteiger charge is -2.15. The van der Waals surface area contributed by atoms with Gasteiger partial charge in [-0.05, 0) is 24.3 Å². The molecule has 1 aromatic heterocycles. The van der Waals surface area contributed by atoms with E-state index >= 15 is 0 Å². The maximum Gasteiger partial charge on any atom is 0.231 e. The lowest BCUT2D eigenvalue weighted by atomic mass is 9.96. The molecule has 6 heteroatoms. The number of rotatable bonds is 2. The fourth-order valence-electron chi connectivity index (χ4n) is 1.30. The number of amides is 1. The van der Waals surface area contributed by atoms with Crippen molar-refractivity contribution < 1.29 is 4.79 Å². The van der Waals surface area contributed by atoms with Crippen LogP contribution in [-0.4, -0.2) is 16.1 Å². The van der Waals surface area contributed by atoms with Crippen molar-refractivity contribution in [2.24, 2.45) is 5.41 Å². The number of nitrogens with zero attached hydrogens (tertiary/aromatic N) is 2. The molecule has 1 amide bonds. The van der Waals surface area contributed by atoms with Crippen LogP contribution in [0.4, 0.5) is 10.8 Å². The van der Waals surface area contributed by atoms with Gasteiger partial charge >= 0.3 is 0 Å². The first-order valence-electron chi connectivity index (χ1n) is 5.87. The van der Waals surface area contributed by atoms with Crippen LogP contribution < -0.4 is 11.1 Å². The van der Waals surface area contributed by atoms with Gasteiger partial charge in [0.05, 0.1) is 0 Å². The van der Waals surface area contributed by atoms with E-state index in [-0.39, 0.29) is 5.91 Å². The number of nitrogen functional groups attached to an aromatic ring is 1. The molecule has 1 heterocycles. The zero-order valence-corrected chi connectivity index (χ0v) is 11.9. The van der Waals surface area contributed by atoms with Crippen LogP contribution in [0.1, 0.15) is 20.8 Å². The second kappa shape index (κ2) is 4.97. The Labute approximate surface area is 115 Å². The number of hydrogen-bond acceptors (Lipinski definition) is 5. The highest BCUT2D eigenvalue weighted by Gasteiger charge is 2.22. The first-order chi connectivity index (χ1) is 8.86. The normalized spacial score (nSPS) is 11.3. The zero-order valence-electron chi connectivity index (χ0n) is 11.1. The molecule has 0 aliphatic heterocycles. The Balaban J connectivity index is 2.16. The minimum atomic E-state index is -0.451. The van der Waals surface area contributed by atoms with Gasteiger partial charge in [0.25, 0.3) is 0 Å². The first-order valence-corrected chi connectivity index (χ1v) is 6.69. The summed E-state index contributed by atoms with van der Waals surface area (Å²) >= 11 is 1.34. The fourth-order valence-corrected chi connectivity index (χ4v) is 2.04. The lowest BCUT2D eigenvalue weighted by Crippen LogP contribution is -2.27. The molecular weight excluding hydrogens is 260 g/mol. The van der Waals surface area contributed by atoms with Gasteiger partial charge in [-0.2, -0.15) is 0 Å².